The highest BCUT2D eigenvalue weighted by Crippen LogP contribution is 2.07. The number of aromatic amines is 1. The zero-order valence-corrected chi connectivity index (χ0v) is 10.0. The number of nitrogens with two attached hydrogens (primary N) is 1. The second kappa shape index (κ2) is 4.87. The summed E-state index contributed by atoms with van der Waals surface area (Å²) in [5.74, 6) is 0.383. The van der Waals surface area contributed by atoms with E-state index < -0.39 is 5.69 Å². The molecule has 0 bridgehead atoms. The van der Waals surface area contributed by atoms with Crippen molar-refractivity contribution in [1.29, 1.82) is 0 Å². The van der Waals surface area contributed by atoms with E-state index in [9.17, 15) is 9.59 Å². The molecule has 6 nitrogen and oxygen atoms in total. The SMILES string of the molecule is CCc1cn(Cc2cccnc2N)c(=O)[nH]c1=O. The van der Waals surface area contributed by atoms with Gasteiger partial charge in [0.25, 0.3) is 5.56 Å². The number of nitrogen functional groups attached to an aromatic ring is 1. The van der Waals surface area contributed by atoms with Gasteiger partial charge < -0.3 is 5.73 Å². The number of aromatic nitrogens is 3. The number of rotatable bonds is 3. The van der Waals surface area contributed by atoms with Gasteiger partial charge in [-0.2, -0.15) is 0 Å². The lowest BCUT2D eigenvalue weighted by Gasteiger charge is -2.08. The van der Waals surface area contributed by atoms with Crippen molar-refractivity contribution in [3.63, 3.8) is 0 Å². The average molecular weight is 246 g/mol. The third-order valence-electron chi connectivity index (χ3n) is 2.73. The molecule has 0 aliphatic rings. The summed E-state index contributed by atoms with van der Waals surface area (Å²) < 4.78 is 1.42. The molecule has 2 aromatic heterocycles. The highest BCUT2D eigenvalue weighted by Gasteiger charge is 2.05. The molecule has 94 valence electrons. The van der Waals surface area contributed by atoms with Gasteiger partial charge in [-0.3, -0.25) is 14.3 Å². The van der Waals surface area contributed by atoms with Crippen LogP contribution in [0.5, 0.6) is 0 Å². The lowest BCUT2D eigenvalue weighted by molar-refractivity contribution is 0.707. The predicted molar refractivity (Wildman–Crippen MR) is 68.5 cm³/mol. The Labute approximate surface area is 103 Å². The van der Waals surface area contributed by atoms with Crippen LogP contribution < -0.4 is 17.0 Å². The van der Waals surface area contributed by atoms with Crippen LogP contribution in [0.15, 0.2) is 34.1 Å². The molecule has 2 rings (SSSR count). The van der Waals surface area contributed by atoms with Gasteiger partial charge >= 0.3 is 5.69 Å². The molecule has 0 aliphatic carbocycles. The summed E-state index contributed by atoms with van der Waals surface area (Å²) in [4.78, 5) is 29.4. The maximum absolute atomic E-state index is 11.7. The van der Waals surface area contributed by atoms with E-state index in [2.05, 4.69) is 9.97 Å². The topological polar surface area (TPSA) is 93.8 Å². The van der Waals surface area contributed by atoms with E-state index in [0.29, 0.717) is 24.3 Å². The molecule has 2 heterocycles. The van der Waals surface area contributed by atoms with Crippen molar-refractivity contribution in [3.05, 3.63) is 56.5 Å². The number of pyridine rings is 1. The minimum atomic E-state index is -0.444. The lowest BCUT2D eigenvalue weighted by atomic mass is 10.2. The first-order valence-corrected chi connectivity index (χ1v) is 5.63. The van der Waals surface area contributed by atoms with Crippen LogP contribution >= 0.6 is 0 Å². The first kappa shape index (κ1) is 12.1. The normalized spacial score (nSPS) is 10.5. The van der Waals surface area contributed by atoms with E-state index in [1.54, 1.807) is 24.5 Å². The van der Waals surface area contributed by atoms with Gasteiger partial charge in [0.2, 0.25) is 0 Å². The molecule has 2 aromatic rings. The molecule has 18 heavy (non-hydrogen) atoms. The molecule has 0 saturated carbocycles. The Morgan fingerprint density at radius 1 is 1.39 bits per heavy atom. The van der Waals surface area contributed by atoms with E-state index in [4.69, 9.17) is 5.73 Å². The van der Waals surface area contributed by atoms with Gasteiger partial charge in [-0.25, -0.2) is 9.78 Å². The van der Waals surface area contributed by atoms with Gasteiger partial charge in [0.1, 0.15) is 5.82 Å². The molecule has 0 spiro atoms. The number of aryl methyl sites for hydroxylation is 1. The molecule has 0 aliphatic heterocycles. The summed E-state index contributed by atoms with van der Waals surface area (Å²) >= 11 is 0. The second-order valence-electron chi connectivity index (χ2n) is 3.94. The van der Waals surface area contributed by atoms with E-state index in [0.717, 1.165) is 5.56 Å². The number of nitrogens with one attached hydrogen (secondary N) is 1. The Morgan fingerprint density at radius 3 is 2.83 bits per heavy atom. The van der Waals surface area contributed by atoms with Gasteiger partial charge in [-0.05, 0) is 12.5 Å². The molecule has 0 amide bonds. The highest BCUT2D eigenvalue weighted by atomic mass is 16.2. The van der Waals surface area contributed by atoms with Gasteiger partial charge in [-0.1, -0.05) is 13.0 Å². The molecule has 0 unspecified atom stereocenters. The average Bonchev–Trinajstić information content (AvgIpc) is 2.35. The van der Waals surface area contributed by atoms with Crippen molar-refractivity contribution in [2.75, 3.05) is 5.73 Å². The molecule has 0 aromatic carbocycles. The van der Waals surface area contributed by atoms with Crippen LogP contribution in [0, 0.1) is 0 Å². The summed E-state index contributed by atoms with van der Waals surface area (Å²) in [5, 5.41) is 0. The van der Waals surface area contributed by atoms with Crippen molar-refractivity contribution in [2.45, 2.75) is 19.9 Å². The summed E-state index contributed by atoms with van der Waals surface area (Å²) in [6, 6.07) is 3.55. The zero-order chi connectivity index (χ0) is 13.1. The third kappa shape index (κ3) is 2.32. The quantitative estimate of drug-likeness (QED) is 0.804. The summed E-state index contributed by atoms with van der Waals surface area (Å²) in [5.41, 5.74) is 6.25. The fourth-order valence-electron chi connectivity index (χ4n) is 1.69. The molecule has 3 N–H and O–H groups in total. The number of anilines is 1. The van der Waals surface area contributed by atoms with Crippen molar-refractivity contribution in [2.24, 2.45) is 0 Å². The van der Waals surface area contributed by atoms with Gasteiger partial charge in [-0.15, -0.1) is 0 Å². The number of hydrogen-bond acceptors (Lipinski definition) is 4. The smallest absolute Gasteiger partial charge is 0.328 e. The zero-order valence-electron chi connectivity index (χ0n) is 10.0. The van der Waals surface area contributed by atoms with Crippen LogP contribution in [-0.2, 0) is 13.0 Å². The fraction of sp³-hybridized carbons (Fsp3) is 0.250. The van der Waals surface area contributed by atoms with Crippen molar-refractivity contribution < 1.29 is 0 Å². The standard InChI is InChI=1S/C12H14N4O2/c1-2-8-6-16(12(18)15-11(8)17)7-9-4-3-5-14-10(9)13/h3-6H,2,7H2,1H3,(H2,13,14)(H,15,17,18). The molecular weight excluding hydrogens is 232 g/mol. The van der Waals surface area contributed by atoms with Gasteiger partial charge in [0, 0.05) is 23.5 Å². The highest BCUT2D eigenvalue weighted by molar-refractivity contribution is 5.38. The molecule has 0 saturated heterocycles. The molecule has 0 atom stereocenters. The third-order valence-corrected chi connectivity index (χ3v) is 2.73. The fourth-order valence-corrected chi connectivity index (χ4v) is 1.69. The maximum atomic E-state index is 11.7. The van der Waals surface area contributed by atoms with Crippen LogP contribution in [0.3, 0.4) is 0 Å². The van der Waals surface area contributed by atoms with Crippen LogP contribution in [0.4, 0.5) is 5.82 Å². The van der Waals surface area contributed by atoms with Crippen LogP contribution in [0.1, 0.15) is 18.1 Å². The predicted octanol–water partition coefficient (Wildman–Crippen LogP) is 0.124. The van der Waals surface area contributed by atoms with Crippen molar-refractivity contribution in [3.8, 4) is 0 Å². The van der Waals surface area contributed by atoms with Crippen LogP contribution in [-0.4, -0.2) is 14.5 Å². The van der Waals surface area contributed by atoms with E-state index in [-0.39, 0.29) is 5.56 Å². The van der Waals surface area contributed by atoms with E-state index in [1.165, 1.54) is 4.57 Å². The first-order valence-electron chi connectivity index (χ1n) is 5.63. The number of nitrogens with zero attached hydrogens (tertiary/aromatic N) is 2. The molecular formula is C12H14N4O2. The second-order valence-corrected chi connectivity index (χ2v) is 3.94. The minimum absolute atomic E-state index is 0.294. The van der Waals surface area contributed by atoms with E-state index >= 15 is 0 Å². The maximum Gasteiger partial charge on any atom is 0.328 e. The molecule has 0 fully saturated rings. The van der Waals surface area contributed by atoms with Crippen LogP contribution in [0.2, 0.25) is 0 Å². The summed E-state index contributed by atoms with van der Waals surface area (Å²) in [7, 11) is 0. The molecule has 6 heteroatoms. The first-order chi connectivity index (χ1) is 8.61. The Kier molecular flexibility index (Phi) is 3.27. The Balaban J connectivity index is 2.44. The summed E-state index contributed by atoms with van der Waals surface area (Å²) in [6.45, 7) is 2.15. The van der Waals surface area contributed by atoms with E-state index in [1.807, 2.05) is 6.92 Å². The Bertz CT molecular complexity index is 672. The van der Waals surface area contributed by atoms with Crippen molar-refractivity contribution in [1.82, 2.24) is 14.5 Å². The van der Waals surface area contributed by atoms with Gasteiger partial charge in [0.15, 0.2) is 0 Å². The van der Waals surface area contributed by atoms with Crippen molar-refractivity contribution >= 4 is 5.82 Å². The lowest BCUT2D eigenvalue weighted by Crippen LogP contribution is -2.32. The van der Waals surface area contributed by atoms with Gasteiger partial charge in [0.05, 0.1) is 6.54 Å². The number of H-pyrrole nitrogens is 1. The Hall–Kier alpha value is -2.37. The largest absolute Gasteiger partial charge is 0.383 e. The summed E-state index contributed by atoms with van der Waals surface area (Å²) in [6.07, 6.45) is 3.72. The monoisotopic (exact) mass is 246 g/mol. The van der Waals surface area contributed by atoms with Crippen LogP contribution in [0.25, 0.3) is 0 Å². The molecule has 0 radical (unpaired) electrons. The minimum Gasteiger partial charge on any atom is -0.383 e. The Morgan fingerprint density at radius 2 is 2.17 bits per heavy atom. The number of hydrogen-bond donors (Lipinski definition) is 2.